The molecular weight excluding hydrogens is 276 g/mol. The second kappa shape index (κ2) is 4.08. The maximum absolute atomic E-state index is 14.4. The normalized spacial score (nSPS) is 20.0. The zero-order valence-corrected chi connectivity index (χ0v) is 10.4. The lowest BCUT2D eigenvalue weighted by molar-refractivity contribution is -0.0800. The van der Waals surface area contributed by atoms with Crippen LogP contribution in [-0.4, -0.2) is 5.54 Å². The van der Waals surface area contributed by atoms with Crippen LogP contribution in [0.3, 0.4) is 0 Å². The maximum atomic E-state index is 14.4. The van der Waals surface area contributed by atoms with Gasteiger partial charge in [-0.15, -0.1) is 0 Å². The average molecular weight is 290 g/mol. The highest BCUT2D eigenvalue weighted by Gasteiger charge is 2.53. The van der Waals surface area contributed by atoms with Crippen molar-refractivity contribution in [2.45, 2.75) is 37.1 Å². The number of hydrogen-bond donors (Lipinski definition) is 1. The van der Waals surface area contributed by atoms with Crippen LogP contribution in [0.1, 0.15) is 31.2 Å². The predicted molar refractivity (Wildman–Crippen MR) is 63.4 cm³/mol. The van der Waals surface area contributed by atoms with Crippen LogP contribution in [0.4, 0.5) is 8.78 Å². The topological polar surface area (TPSA) is 26.0 Å². The second-order valence-electron chi connectivity index (χ2n) is 4.42. The predicted octanol–water partition coefficient (Wildman–Crippen LogP) is 3.81. The lowest BCUT2D eigenvalue weighted by Gasteiger charge is -2.34. The SMILES string of the molecule is NC1(C(F)(F)c2ccccc2Br)CCCC1. The number of benzene rings is 1. The first-order valence-corrected chi connectivity index (χ1v) is 6.18. The summed E-state index contributed by atoms with van der Waals surface area (Å²) in [5.41, 5.74) is 4.49. The van der Waals surface area contributed by atoms with Crippen LogP contribution in [0.15, 0.2) is 28.7 Å². The largest absolute Gasteiger partial charge is 0.320 e. The van der Waals surface area contributed by atoms with E-state index < -0.39 is 11.5 Å². The van der Waals surface area contributed by atoms with Crippen molar-refractivity contribution in [2.75, 3.05) is 0 Å². The van der Waals surface area contributed by atoms with Gasteiger partial charge < -0.3 is 5.73 Å². The van der Waals surface area contributed by atoms with Crippen LogP contribution >= 0.6 is 15.9 Å². The van der Waals surface area contributed by atoms with Crippen LogP contribution in [0.25, 0.3) is 0 Å². The molecule has 2 N–H and O–H groups in total. The number of rotatable bonds is 2. The summed E-state index contributed by atoms with van der Waals surface area (Å²) in [5, 5.41) is 0. The number of hydrogen-bond acceptors (Lipinski definition) is 1. The van der Waals surface area contributed by atoms with E-state index in [4.69, 9.17) is 5.73 Å². The molecule has 0 saturated heterocycles. The Kier molecular flexibility index (Phi) is 3.05. The Balaban J connectivity index is 2.42. The van der Waals surface area contributed by atoms with Gasteiger partial charge in [0.05, 0.1) is 5.54 Å². The Morgan fingerprint density at radius 1 is 1.19 bits per heavy atom. The minimum atomic E-state index is -2.97. The molecular formula is C12H14BrF2N. The molecule has 1 aliphatic rings. The van der Waals surface area contributed by atoms with Crippen LogP contribution in [0.2, 0.25) is 0 Å². The van der Waals surface area contributed by atoms with Crippen molar-refractivity contribution in [1.82, 2.24) is 0 Å². The van der Waals surface area contributed by atoms with E-state index in [9.17, 15) is 8.78 Å². The molecule has 1 fully saturated rings. The van der Waals surface area contributed by atoms with E-state index in [0.717, 1.165) is 12.8 Å². The monoisotopic (exact) mass is 289 g/mol. The molecule has 0 heterocycles. The van der Waals surface area contributed by atoms with Gasteiger partial charge in [0, 0.05) is 10.0 Å². The molecule has 16 heavy (non-hydrogen) atoms. The molecule has 1 nitrogen and oxygen atoms in total. The standard InChI is InChI=1S/C12H14BrF2N/c13-10-6-2-1-5-9(10)12(14,15)11(16)7-3-4-8-11/h1-2,5-6H,3-4,7-8,16H2. The van der Waals surface area contributed by atoms with Gasteiger partial charge in [0.25, 0.3) is 5.92 Å². The lowest BCUT2D eigenvalue weighted by atomic mass is 9.86. The highest BCUT2D eigenvalue weighted by Crippen LogP contribution is 2.48. The fraction of sp³-hybridized carbons (Fsp3) is 0.500. The molecule has 1 aliphatic carbocycles. The molecule has 0 spiro atoms. The summed E-state index contributed by atoms with van der Waals surface area (Å²) in [6.45, 7) is 0. The van der Waals surface area contributed by atoms with Gasteiger partial charge in [0.2, 0.25) is 0 Å². The van der Waals surface area contributed by atoms with Gasteiger partial charge in [-0.1, -0.05) is 47.0 Å². The van der Waals surface area contributed by atoms with E-state index in [1.54, 1.807) is 18.2 Å². The Morgan fingerprint density at radius 3 is 2.31 bits per heavy atom. The van der Waals surface area contributed by atoms with Gasteiger partial charge in [-0.2, -0.15) is 8.78 Å². The van der Waals surface area contributed by atoms with Crippen LogP contribution in [0, 0.1) is 0 Å². The Bertz CT molecular complexity index is 386. The zero-order valence-electron chi connectivity index (χ0n) is 8.85. The molecule has 0 unspecified atom stereocenters. The molecule has 1 aromatic rings. The van der Waals surface area contributed by atoms with Gasteiger partial charge >= 0.3 is 0 Å². The summed E-state index contributed by atoms with van der Waals surface area (Å²) in [4.78, 5) is 0. The number of nitrogens with two attached hydrogens (primary N) is 1. The van der Waals surface area contributed by atoms with Crippen LogP contribution < -0.4 is 5.73 Å². The molecule has 0 atom stereocenters. The first-order chi connectivity index (χ1) is 7.47. The van der Waals surface area contributed by atoms with E-state index in [-0.39, 0.29) is 5.56 Å². The third-order valence-corrected chi connectivity index (χ3v) is 4.02. The molecule has 0 aromatic heterocycles. The van der Waals surface area contributed by atoms with Crippen molar-refractivity contribution in [3.8, 4) is 0 Å². The fourth-order valence-electron chi connectivity index (χ4n) is 2.30. The summed E-state index contributed by atoms with van der Waals surface area (Å²) in [6, 6.07) is 6.41. The van der Waals surface area contributed by atoms with E-state index in [1.165, 1.54) is 6.07 Å². The highest BCUT2D eigenvalue weighted by atomic mass is 79.9. The lowest BCUT2D eigenvalue weighted by Crippen LogP contribution is -2.51. The zero-order chi connectivity index (χ0) is 11.8. The first-order valence-electron chi connectivity index (χ1n) is 5.39. The third kappa shape index (κ3) is 1.78. The first kappa shape index (κ1) is 12.0. The van der Waals surface area contributed by atoms with Crippen molar-refractivity contribution in [3.63, 3.8) is 0 Å². The molecule has 0 radical (unpaired) electrons. The summed E-state index contributed by atoms with van der Waals surface area (Å²) in [5.74, 6) is -2.97. The van der Waals surface area contributed by atoms with Gasteiger partial charge in [0.15, 0.2) is 0 Å². The molecule has 0 aliphatic heterocycles. The molecule has 4 heteroatoms. The van der Waals surface area contributed by atoms with E-state index >= 15 is 0 Å². The molecule has 0 amide bonds. The number of alkyl halides is 2. The van der Waals surface area contributed by atoms with Crippen molar-refractivity contribution < 1.29 is 8.78 Å². The van der Waals surface area contributed by atoms with Crippen molar-refractivity contribution >= 4 is 15.9 Å². The van der Waals surface area contributed by atoms with Gasteiger partial charge in [-0.25, -0.2) is 0 Å². The van der Waals surface area contributed by atoms with E-state index in [2.05, 4.69) is 15.9 Å². The van der Waals surface area contributed by atoms with Gasteiger partial charge in [0.1, 0.15) is 0 Å². The molecule has 0 bridgehead atoms. The van der Waals surface area contributed by atoms with Crippen molar-refractivity contribution in [1.29, 1.82) is 0 Å². The van der Waals surface area contributed by atoms with Gasteiger partial charge in [-0.05, 0) is 18.9 Å². The van der Waals surface area contributed by atoms with E-state index in [1.807, 2.05) is 0 Å². The molecule has 2 rings (SSSR count). The maximum Gasteiger partial charge on any atom is 0.291 e. The molecule has 88 valence electrons. The summed E-state index contributed by atoms with van der Waals surface area (Å²) < 4.78 is 29.1. The quantitative estimate of drug-likeness (QED) is 0.880. The summed E-state index contributed by atoms with van der Waals surface area (Å²) >= 11 is 3.17. The Morgan fingerprint density at radius 2 is 1.75 bits per heavy atom. The minimum Gasteiger partial charge on any atom is -0.320 e. The second-order valence-corrected chi connectivity index (χ2v) is 5.27. The minimum absolute atomic E-state index is 0.000556. The molecule has 1 aromatic carbocycles. The molecule has 1 saturated carbocycles. The smallest absolute Gasteiger partial charge is 0.291 e. The fourth-order valence-corrected chi connectivity index (χ4v) is 2.84. The third-order valence-electron chi connectivity index (χ3n) is 3.33. The highest BCUT2D eigenvalue weighted by molar-refractivity contribution is 9.10. The van der Waals surface area contributed by atoms with Crippen LogP contribution in [0.5, 0.6) is 0 Å². The number of halogens is 3. The van der Waals surface area contributed by atoms with Crippen molar-refractivity contribution in [2.24, 2.45) is 5.73 Å². The Labute approximate surface area is 102 Å². The average Bonchev–Trinajstić information content (AvgIpc) is 2.67. The Hall–Kier alpha value is -0.480. The summed E-state index contributed by atoms with van der Waals surface area (Å²) in [6.07, 6.45) is 2.36. The van der Waals surface area contributed by atoms with Crippen molar-refractivity contribution in [3.05, 3.63) is 34.3 Å². The van der Waals surface area contributed by atoms with Crippen LogP contribution in [-0.2, 0) is 5.92 Å². The van der Waals surface area contributed by atoms with Gasteiger partial charge in [-0.3, -0.25) is 0 Å². The summed E-state index contributed by atoms with van der Waals surface area (Å²) in [7, 11) is 0. The van der Waals surface area contributed by atoms with E-state index in [0.29, 0.717) is 17.3 Å².